The van der Waals surface area contributed by atoms with Crippen LogP contribution in [0.15, 0.2) is 0 Å². The van der Waals surface area contributed by atoms with Gasteiger partial charge in [0.2, 0.25) is 5.91 Å². The van der Waals surface area contributed by atoms with Crippen molar-refractivity contribution in [3.63, 3.8) is 0 Å². The van der Waals surface area contributed by atoms with Crippen LogP contribution >= 0.6 is 11.3 Å². The van der Waals surface area contributed by atoms with E-state index in [2.05, 4.69) is 37.9 Å². The van der Waals surface area contributed by atoms with Crippen molar-refractivity contribution in [2.45, 2.75) is 292 Å². The first-order valence-electron chi connectivity index (χ1n) is 30.1. The van der Waals surface area contributed by atoms with Crippen molar-refractivity contribution >= 4 is 41.4 Å². The Balaban J connectivity index is 0.00000154. The summed E-state index contributed by atoms with van der Waals surface area (Å²) < 4.78 is 11.5. The Hall–Kier alpha value is -2.79. The monoisotopic (exact) mass is 1030 g/mol. The molecular formula is C61H113N3O7S. The van der Waals surface area contributed by atoms with E-state index in [1.165, 1.54) is 128 Å². The Morgan fingerprint density at radius 2 is 1.15 bits per heavy atom. The SMILES string of the molecule is CC.CCCCCCCCC(CCCCCC)C(=O)OCCCCCC(=O)N1CCc2c(sc(C)c2C(=O)NCCCN(C)C)C1.CCCCCCCCC(CCCCCCCC)OC(=O)CCCCC=O. The third-order valence-corrected chi connectivity index (χ3v) is 14.9. The lowest BCUT2D eigenvalue weighted by atomic mass is 9.94. The number of hydrogen-bond acceptors (Lipinski definition) is 9. The first-order valence-corrected chi connectivity index (χ1v) is 31.0. The predicted molar refractivity (Wildman–Crippen MR) is 305 cm³/mol. The fourth-order valence-electron chi connectivity index (χ4n) is 9.42. The van der Waals surface area contributed by atoms with E-state index in [0.717, 1.165) is 117 Å². The minimum atomic E-state index is -0.0714. The molecule has 2 rings (SSSR count). The van der Waals surface area contributed by atoms with E-state index in [9.17, 15) is 24.0 Å². The van der Waals surface area contributed by atoms with Crippen LogP contribution < -0.4 is 5.32 Å². The lowest BCUT2D eigenvalue weighted by Crippen LogP contribution is -2.36. The van der Waals surface area contributed by atoms with E-state index in [0.29, 0.717) is 45.5 Å². The summed E-state index contributed by atoms with van der Waals surface area (Å²) in [5, 5.41) is 3.08. The Morgan fingerprint density at radius 1 is 0.653 bits per heavy atom. The quantitative estimate of drug-likeness (QED) is 0.0390. The lowest BCUT2D eigenvalue weighted by Gasteiger charge is -2.27. The first kappa shape index (κ1) is 69.2. The van der Waals surface area contributed by atoms with Gasteiger partial charge in [0.1, 0.15) is 12.4 Å². The minimum Gasteiger partial charge on any atom is -0.465 e. The normalized spacial score (nSPS) is 12.4. The number of amides is 2. The molecule has 72 heavy (non-hydrogen) atoms. The molecule has 10 nitrogen and oxygen atoms in total. The van der Waals surface area contributed by atoms with Crippen molar-refractivity contribution < 1.29 is 33.4 Å². The Bertz CT molecular complexity index is 1470. The molecule has 0 saturated heterocycles. The largest absolute Gasteiger partial charge is 0.465 e. The van der Waals surface area contributed by atoms with Gasteiger partial charge in [-0.2, -0.15) is 0 Å². The molecule has 0 spiro atoms. The third-order valence-electron chi connectivity index (χ3n) is 13.8. The minimum absolute atomic E-state index is 0.0110. The molecule has 0 radical (unpaired) electrons. The van der Waals surface area contributed by atoms with Gasteiger partial charge in [-0.05, 0) is 117 Å². The molecule has 1 unspecified atom stereocenters. The van der Waals surface area contributed by atoms with Crippen LogP contribution in [0.1, 0.15) is 292 Å². The van der Waals surface area contributed by atoms with Crippen LogP contribution in [0.4, 0.5) is 0 Å². The van der Waals surface area contributed by atoms with E-state index in [1.807, 2.05) is 39.8 Å². The number of unbranched alkanes of at least 4 members (excludes halogenated alkanes) is 22. The molecule has 2 heterocycles. The molecule has 0 saturated carbocycles. The van der Waals surface area contributed by atoms with E-state index in [4.69, 9.17) is 9.47 Å². The van der Waals surface area contributed by atoms with E-state index in [-0.39, 0.29) is 35.8 Å². The maximum absolute atomic E-state index is 13.0. The zero-order valence-corrected chi connectivity index (χ0v) is 49.2. The molecule has 1 atom stereocenters. The van der Waals surface area contributed by atoms with Crippen molar-refractivity contribution in [3.05, 3.63) is 20.9 Å². The highest BCUT2D eigenvalue weighted by Gasteiger charge is 2.28. The van der Waals surface area contributed by atoms with Gasteiger partial charge in [-0.3, -0.25) is 19.2 Å². The van der Waals surface area contributed by atoms with Gasteiger partial charge >= 0.3 is 11.9 Å². The number of nitrogens with zero attached hydrogens (tertiary/aromatic N) is 2. The maximum Gasteiger partial charge on any atom is 0.308 e. The Morgan fingerprint density at radius 3 is 1.69 bits per heavy atom. The molecule has 420 valence electrons. The summed E-state index contributed by atoms with van der Waals surface area (Å²) in [6.07, 6.45) is 39.7. The molecule has 0 fully saturated rings. The summed E-state index contributed by atoms with van der Waals surface area (Å²) >= 11 is 1.65. The van der Waals surface area contributed by atoms with Gasteiger partial charge in [0.05, 0.1) is 24.6 Å². The van der Waals surface area contributed by atoms with Crippen LogP contribution in [-0.2, 0) is 41.6 Å². The number of carbonyl (C=O) groups is 5. The zero-order chi connectivity index (χ0) is 53.5. The molecule has 0 aliphatic carbocycles. The number of esters is 2. The zero-order valence-electron chi connectivity index (χ0n) is 48.4. The average molecular weight is 1030 g/mol. The van der Waals surface area contributed by atoms with Gasteiger partial charge in [-0.1, -0.05) is 170 Å². The van der Waals surface area contributed by atoms with Crippen LogP contribution in [0.2, 0.25) is 0 Å². The van der Waals surface area contributed by atoms with Gasteiger partial charge < -0.3 is 29.4 Å². The second-order valence-electron chi connectivity index (χ2n) is 20.6. The summed E-state index contributed by atoms with van der Waals surface area (Å²) in [7, 11) is 4.07. The van der Waals surface area contributed by atoms with Crippen LogP contribution in [-0.4, -0.2) is 86.3 Å². The number of carbonyl (C=O) groups excluding carboxylic acids is 5. The van der Waals surface area contributed by atoms with Gasteiger partial charge in [0.25, 0.3) is 5.91 Å². The fourth-order valence-corrected chi connectivity index (χ4v) is 10.7. The van der Waals surface area contributed by atoms with Crippen molar-refractivity contribution in [2.75, 3.05) is 40.3 Å². The number of ether oxygens (including phenoxy) is 2. The van der Waals surface area contributed by atoms with Crippen molar-refractivity contribution in [2.24, 2.45) is 5.92 Å². The highest BCUT2D eigenvalue weighted by molar-refractivity contribution is 7.12. The highest BCUT2D eigenvalue weighted by Crippen LogP contribution is 2.33. The summed E-state index contributed by atoms with van der Waals surface area (Å²) in [6, 6.07) is 0. The molecular weight excluding hydrogens is 919 g/mol. The Labute approximate surface area is 447 Å². The second kappa shape index (κ2) is 49.1. The standard InChI is InChI=1S/C36H63N3O4S.C23H44O3.C2H6/c1-6-8-10-12-13-16-21-30(20-15-11-9-7-2)36(42)43-27-18-14-17-22-33(40)39-26-23-31-32(28-39)44-29(3)34(31)35(41)37-24-19-25-38(4)5;1-3-5-7-9-11-14-18-22(19-15-12-10-8-6-4-2)26-23(25)20-16-13-17-21-24;1-2/h30H,6-28H2,1-5H3,(H,37,41);21-22H,3-20H2,1-2H3;1-2H3. The Kier molecular flexibility index (Phi) is 47.2. The average Bonchev–Trinajstić information content (AvgIpc) is 3.71. The summed E-state index contributed by atoms with van der Waals surface area (Å²) in [6.45, 7) is 18.3. The van der Waals surface area contributed by atoms with E-state index >= 15 is 0 Å². The molecule has 0 bridgehead atoms. The number of nitrogens with one attached hydrogen (secondary N) is 1. The lowest BCUT2D eigenvalue weighted by molar-refractivity contribution is -0.150. The second-order valence-corrected chi connectivity index (χ2v) is 21.9. The van der Waals surface area contributed by atoms with Crippen LogP contribution in [0.3, 0.4) is 0 Å². The van der Waals surface area contributed by atoms with E-state index < -0.39 is 0 Å². The molecule has 11 heteroatoms. The molecule has 1 aliphatic rings. The van der Waals surface area contributed by atoms with Crippen molar-refractivity contribution in [1.29, 1.82) is 0 Å². The van der Waals surface area contributed by atoms with E-state index in [1.54, 1.807) is 11.3 Å². The number of thiophene rings is 1. The number of hydrogen-bond donors (Lipinski definition) is 1. The number of fused-ring (bicyclic) bond motifs is 1. The van der Waals surface area contributed by atoms with Crippen LogP contribution in [0.25, 0.3) is 0 Å². The summed E-state index contributed by atoms with van der Waals surface area (Å²) in [5.74, 6) is 0.157. The number of rotatable bonds is 44. The maximum atomic E-state index is 13.0. The van der Waals surface area contributed by atoms with Gasteiger partial charge in [0.15, 0.2) is 0 Å². The van der Waals surface area contributed by atoms with Gasteiger partial charge in [-0.25, -0.2) is 0 Å². The highest BCUT2D eigenvalue weighted by atomic mass is 32.1. The van der Waals surface area contributed by atoms with Crippen LogP contribution in [0, 0.1) is 12.8 Å². The number of aryl methyl sites for hydroxylation is 1. The summed E-state index contributed by atoms with van der Waals surface area (Å²) in [4.78, 5) is 67.4. The van der Waals surface area contributed by atoms with Crippen LogP contribution in [0.5, 0.6) is 0 Å². The smallest absolute Gasteiger partial charge is 0.308 e. The number of aldehydes is 1. The van der Waals surface area contributed by atoms with Gasteiger partial charge in [-0.15, -0.1) is 11.3 Å². The summed E-state index contributed by atoms with van der Waals surface area (Å²) in [5.41, 5.74) is 1.95. The topological polar surface area (TPSA) is 122 Å². The molecule has 1 N–H and O–H groups in total. The molecule has 0 aromatic carbocycles. The molecule has 2 amide bonds. The predicted octanol–water partition coefficient (Wildman–Crippen LogP) is 16.2. The van der Waals surface area contributed by atoms with Gasteiger partial charge in [0, 0.05) is 42.1 Å². The molecule has 1 aromatic rings. The van der Waals surface area contributed by atoms with Crippen molar-refractivity contribution in [1.82, 2.24) is 15.1 Å². The fraction of sp³-hybridized carbons (Fsp3) is 0.852. The molecule has 1 aromatic heterocycles. The molecule has 1 aliphatic heterocycles. The van der Waals surface area contributed by atoms with Crippen molar-refractivity contribution in [3.8, 4) is 0 Å². The first-order chi connectivity index (χ1) is 35.0. The third kappa shape index (κ3) is 36.2.